The lowest BCUT2D eigenvalue weighted by molar-refractivity contribution is 0.601. The SMILES string of the molecule is Nc1cnc(-c2ccc(-c3ccccc3CN[SH](=O)=O)cc2F)cn1. The lowest BCUT2D eigenvalue weighted by atomic mass is 9.98. The number of aromatic nitrogens is 2. The topological polar surface area (TPSA) is 98.0 Å². The Labute approximate surface area is 145 Å². The number of hydrogen-bond donors (Lipinski definition) is 3. The lowest BCUT2D eigenvalue weighted by Gasteiger charge is -2.10. The van der Waals surface area contributed by atoms with E-state index >= 15 is 0 Å². The van der Waals surface area contributed by atoms with Gasteiger partial charge in [0.25, 0.3) is 0 Å². The Balaban J connectivity index is 1.97. The van der Waals surface area contributed by atoms with Gasteiger partial charge in [0.1, 0.15) is 11.6 Å². The molecule has 0 radical (unpaired) electrons. The van der Waals surface area contributed by atoms with E-state index in [4.69, 9.17) is 5.73 Å². The number of nitrogens with zero attached hydrogens (tertiary/aromatic N) is 2. The number of halogens is 1. The number of hydrogen-bond acceptors (Lipinski definition) is 5. The standard InChI is InChI=1S/C17H15FN4O2S/c18-15-7-11(5-6-14(15)16-9-21-17(19)10-20-16)13-4-2-1-3-12(13)8-22-25(23)24/h1-7,9-10,25H,8H2,(H2,19,21)(H,22,23,24). The summed E-state index contributed by atoms with van der Waals surface area (Å²) in [5.74, 6) is -0.187. The van der Waals surface area contributed by atoms with E-state index in [0.717, 1.165) is 11.1 Å². The van der Waals surface area contributed by atoms with Gasteiger partial charge in [-0.1, -0.05) is 30.3 Å². The summed E-state index contributed by atoms with van der Waals surface area (Å²) >= 11 is 0. The third kappa shape index (κ3) is 3.98. The molecule has 2 aromatic carbocycles. The summed E-state index contributed by atoms with van der Waals surface area (Å²) in [5, 5.41) is 0. The summed E-state index contributed by atoms with van der Waals surface area (Å²) in [6, 6.07) is 12.0. The quantitative estimate of drug-likeness (QED) is 0.607. The van der Waals surface area contributed by atoms with E-state index in [0.29, 0.717) is 16.8 Å². The van der Waals surface area contributed by atoms with Crippen LogP contribution in [-0.4, -0.2) is 18.4 Å². The molecule has 0 aliphatic rings. The third-order valence-electron chi connectivity index (χ3n) is 3.64. The van der Waals surface area contributed by atoms with Gasteiger partial charge < -0.3 is 5.73 Å². The lowest BCUT2D eigenvalue weighted by Crippen LogP contribution is -2.11. The predicted octanol–water partition coefficient (Wildman–Crippen LogP) is 2.15. The molecule has 6 nitrogen and oxygen atoms in total. The van der Waals surface area contributed by atoms with Gasteiger partial charge in [-0.05, 0) is 28.8 Å². The summed E-state index contributed by atoms with van der Waals surface area (Å²) < 4.78 is 38.4. The van der Waals surface area contributed by atoms with Gasteiger partial charge in [-0.2, -0.15) is 0 Å². The normalized spacial score (nSPS) is 11.0. The monoisotopic (exact) mass is 358 g/mol. The zero-order valence-electron chi connectivity index (χ0n) is 13.0. The van der Waals surface area contributed by atoms with Gasteiger partial charge in [0.2, 0.25) is 10.9 Å². The summed E-state index contributed by atoms with van der Waals surface area (Å²) in [6.07, 6.45) is 2.78. The van der Waals surface area contributed by atoms with Crippen LogP contribution in [-0.2, 0) is 17.4 Å². The van der Waals surface area contributed by atoms with E-state index in [1.165, 1.54) is 18.5 Å². The molecule has 1 aromatic heterocycles. The first kappa shape index (κ1) is 17.0. The van der Waals surface area contributed by atoms with E-state index < -0.39 is 16.7 Å². The molecule has 3 rings (SSSR count). The Morgan fingerprint density at radius 3 is 2.52 bits per heavy atom. The molecule has 0 atom stereocenters. The van der Waals surface area contributed by atoms with Crippen molar-refractivity contribution in [2.45, 2.75) is 6.54 Å². The van der Waals surface area contributed by atoms with Crippen molar-refractivity contribution in [3.8, 4) is 22.4 Å². The summed E-state index contributed by atoms with van der Waals surface area (Å²) in [7, 11) is -2.70. The van der Waals surface area contributed by atoms with Gasteiger partial charge in [-0.25, -0.2) is 22.5 Å². The maximum atomic E-state index is 14.6. The van der Waals surface area contributed by atoms with Gasteiger partial charge in [0.05, 0.1) is 18.1 Å². The van der Waals surface area contributed by atoms with Gasteiger partial charge in [0.15, 0.2) is 0 Å². The highest BCUT2D eigenvalue weighted by atomic mass is 32.2. The van der Waals surface area contributed by atoms with Crippen LogP contribution < -0.4 is 10.5 Å². The van der Waals surface area contributed by atoms with Gasteiger partial charge in [-0.3, -0.25) is 4.98 Å². The van der Waals surface area contributed by atoms with Crippen LogP contribution in [0.4, 0.5) is 10.2 Å². The number of nitrogens with one attached hydrogen (secondary N) is 1. The van der Waals surface area contributed by atoms with Gasteiger partial charge in [-0.15, -0.1) is 0 Å². The summed E-state index contributed by atoms with van der Waals surface area (Å²) in [4.78, 5) is 7.99. The van der Waals surface area contributed by atoms with Crippen molar-refractivity contribution in [1.29, 1.82) is 0 Å². The smallest absolute Gasteiger partial charge is 0.201 e. The van der Waals surface area contributed by atoms with Crippen molar-refractivity contribution in [3.63, 3.8) is 0 Å². The Morgan fingerprint density at radius 2 is 1.84 bits per heavy atom. The Morgan fingerprint density at radius 1 is 1.04 bits per heavy atom. The zero-order chi connectivity index (χ0) is 17.8. The second kappa shape index (κ2) is 7.37. The maximum Gasteiger partial charge on any atom is 0.201 e. The molecule has 0 bridgehead atoms. The molecule has 0 spiro atoms. The van der Waals surface area contributed by atoms with Crippen LogP contribution >= 0.6 is 0 Å². The fourth-order valence-electron chi connectivity index (χ4n) is 2.47. The van der Waals surface area contributed by atoms with Crippen LogP contribution in [0.3, 0.4) is 0 Å². The number of nitrogens with two attached hydrogens (primary N) is 1. The molecule has 128 valence electrons. The van der Waals surface area contributed by atoms with Crippen LogP contribution in [0.15, 0.2) is 54.9 Å². The van der Waals surface area contributed by atoms with Crippen molar-refractivity contribution >= 4 is 16.7 Å². The van der Waals surface area contributed by atoms with Crippen LogP contribution in [0.25, 0.3) is 22.4 Å². The molecule has 0 aliphatic carbocycles. The van der Waals surface area contributed by atoms with E-state index in [1.54, 1.807) is 24.3 Å². The molecule has 0 aliphatic heterocycles. The molecule has 3 N–H and O–H groups in total. The van der Waals surface area contributed by atoms with E-state index in [2.05, 4.69) is 14.7 Å². The molecule has 0 amide bonds. The highest BCUT2D eigenvalue weighted by Gasteiger charge is 2.11. The summed E-state index contributed by atoms with van der Waals surface area (Å²) in [5.41, 5.74) is 8.34. The van der Waals surface area contributed by atoms with Crippen LogP contribution in [0, 0.1) is 5.82 Å². The number of benzene rings is 2. The molecule has 0 saturated heterocycles. The molecular formula is C17H15FN4O2S. The van der Waals surface area contributed by atoms with Crippen molar-refractivity contribution in [2.24, 2.45) is 0 Å². The molecule has 8 heteroatoms. The molecule has 1 heterocycles. The minimum Gasteiger partial charge on any atom is -0.382 e. The number of anilines is 1. The Bertz CT molecular complexity index is 967. The first-order chi connectivity index (χ1) is 12.0. The molecule has 0 fully saturated rings. The highest BCUT2D eigenvalue weighted by Crippen LogP contribution is 2.29. The van der Waals surface area contributed by atoms with Gasteiger partial charge >= 0.3 is 0 Å². The first-order valence-electron chi connectivity index (χ1n) is 7.38. The maximum absolute atomic E-state index is 14.6. The van der Waals surface area contributed by atoms with Crippen molar-refractivity contribution in [3.05, 3.63) is 66.2 Å². The van der Waals surface area contributed by atoms with E-state index in [1.807, 2.05) is 12.1 Å². The molecule has 25 heavy (non-hydrogen) atoms. The van der Waals surface area contributed by atoms with E-state index in [9.17, 15) is 12.8 Å². The largest absolute Gasteiger partial charge is 0.382 e. The number of rotatable bonds is 5. The van der Waals surface area contributed by atoms with Crippen LogP contribution in [0.2, 0.25) is 0 Å². The third-order valence-corrected chi connectivity index (χ3v) is 4.06. The summed E-state index contributed by atoms with van der Waals surface area (Å²) in [6.45, 7) is 0.141. The van der Waals surface area contributed by atoms with Crippen molar-refractivity contribution < 1.29 is 12.8 Å². The average Bonchev–Trinajstić information content (AvgIpc) is 2.61. The zero-order valence-corrected chi connectivity index (χ0v) is 13.9. The minimum atomic E-state index is -2.70. The highest BCUT2D eigenvalue weighted by molar-refractivity contribution is 7.70. The molecule has 0 unspecified atom stereocenters. The van der Waals surface area contributed by atoms with Crippen LogP contribution in [0.1, 0.15) is 5.56 Å². The minimum absolute atomic E-state index is 0.141. The van der Waals surface area contributed by atoms with Gasteiger partial charge in [0, 0.05) is 12.1 Å². The van der Waals surface area contributed by atoms with E-state index in [-0.39, 0.29) is 12.4 Å². The fourth-order valence-corrected chi connectivity index (χ4v) is 2.77. The Kier molecular flexibility index (Phi) is 5.01. The molecule has 3 aromatic rings. The predicted molar refractivity (Wildman–Crippen MR) is 94.4 cm³/mol. The van der Waals surface area contributed by atoms with Crippen molar-refractivity contribution in [1.82, 2.24) is 14.7 Å². The van der Waals surface area contributed by atoms with Crippen LogP contribution in [0.5, 0.6) is 0 Å². The average molecular weight is 358 g/mol. The molecular weight excluding hydrogens is 343 g/mol. The van der Waals surface area contributed by atoms with Crippen molar-refractivity contribution in [2.75, 3.05) is 5.73 Å². The Hall–Kier alpha value is -2.84. The number of nitrogen functional groups attached to an aromatic ring is 1. The second-order valence-electron chi connectivity index (χ2n) is 5.27. The first-order valence-corrected chi connectivity index (χ1v) is 8.56. The molecule has 0 saturated carbocycles. The second-order valence-corrected chi connectivity index (χ2v) is 6.10. The fraction of sp³-hybridized carbons (Fsp3) is 0.0588. The number of thiol groups is 1.